The van der Waals surface area contributed by atoms with Crippen LogP contribution in [0.5, 0.6) is 0 Å². The maximum Gasteiger partial charge on any atom is 0.321 e. The largest absolute Gasteiger partial charge is 0.389 e. The van der Waals surface area contributed by atoms with E-state index in [0.717, 1.165) is 12.3 Å². The van der Waals surface area contributed by atoms with Gasteiger partial charge in [-0.2, -0.15) is 8.78 Å². The lowest BCUT2D eigenvalue weighted by Crippen LogP contribution is -2.42. The van der Waals surface area contributed by atoms with Crippen LogP contribution in [0.2, 0.25) is 5.02 Å². The number of nitrogens with one attached hydrogen (secondary N) is 1. The molecule has 3 rings (SSSR count). The number of hydrogen-bond acceptors (Lipinski definition) is 6. The van der Waals surface area contributed by atoms with Gasteiger partial charge in [-0.25, -0.2) is 9.97 Å². The van der Waals surface area contributed by atoms with Gasteiger partial charge >= 0.3 is 6.55 Å². The minimum absolute atomic E-state index is 0.151. The third-order valence-corrected chi connectivity index (χ3v) is 4.08. The first-order valence-electron chi connectivity index (χ1n) is 7.51. The Balaban J connectivity index is 1.92. The van der Waals surface area contributed by atoms with Gasteiger partial charge in [-0.1, -0.05) is 11.6 Å². The van der Waals surface area contributed by atoms with Crippen LogP contribution in [0, 0.1) is 0 Å². The Morgan fingerprint density at radius 2 is 2.24 bits per heavy atom. The fraction of sp³-hybridized carbons (Fsp3) is 0.400. The first-order chi connectivity index (χ1) is 12.0. The van der Waals surface area contributed by atoms with Crippen molar-refractivity contribution in [3.63, 3.8) is 0 Å². The lowest BCUT2D eigenvalue weighted by molar-refractivity contribution is -0.0136. The van der Waals surface area contributed by atoms with Crippen LogP contribution in [0.3, 0.4) is 0 Å². The van der Waals surface area contributed by atoms with Crippen molar-refractivity contribution in [2.24, 2.45) is 0 Å². The first-order valence-corrected chi connectivity index (χ1v) is 7.89. The number of aliphatic hydroxyl groups excluding tert-OH is 1. The average Bonchev–Trinajstić information content (AvgIpc) is 2.59. The van der Waals surface area contributed by atoms with Crippen molar-refractivity contribution < 1.29 is 18.6 Å². The van der Waals surface area contributed by atoms with Crippen LogP contribution in [-0.4, -0.2) is 45.0 Å². The number of hydrogen-bond donors (Lipinski definition) is 2. The summed E-state index contributed by atoms with van der Waals surface area (Å²) in [5.74, 6) is 0.195. The molecule has 0 bridgehead atoms. The molecule has 0 radical (unpaired) electrons. The van der Waals surface area contributed by atoms with Crippen molar-refractivity contribution in [3.8, 4) is 11.3 Å². The van der Waals surface area contributed by atoms with E-state index in [1.54, 1.807) is 0 Å². The van der Waals surface area contributed by atoms with E-state index in [1.807, 2.05) is 0 Å². The van der Waals surface area contributed by atoms with Gasteiger partial charge in [0.1, 0.15) is 0 Å². The monoisotopic (exact) mass is 372 g/mol. The number of pyridine rings is 1. The molecule has 0 spiro atoms. The molecular weight excluding hydrogens is 358 g/mol. The molecule has 1 fully saturated rings. The van der Waals surface area contributed by atoms with Gasteiger partial charge in [0.25, 0.3) is 5.56 Å². The summed E-state index contributed by atoms with van der Waals surface area (Å²) >= 11 is 6.08. The molecule has 2 aromatic rings. The highest BCUT2D eigenvalue weighted by atomic mass is 35.5. The van der Waals surface area contributed by atoms with Crippen molar-refractivity contribution in [2.75, 3.05) is 18.5 Å². The summed E-state index contributed by atoms with van der Waals surface area (Å²) < 4.78 is 31.2. The van der Waals surface area contributed by atoms with Crippen molar-refractivity contribution in [2.45, 2.75) is 25.1 Å². The number of anilines is 1. The van der Waals surface area contributed by atoms with E-state index in [-0.39, 0.29) is 34.9 Å². The van der Waals surface area contributed by atoms with E-state index in [2.05, 4.69) is 15.3 Å². The summed E-state index contributed by atoms with van der Waals surface area (Å²) in [6.07, 6.45) is 2.18. The second-order valence-electron chi connectivity index (χ2n) is 5.51. The molecule has 0 unspecified atom stereocenters. The first kappa shape index (κ1) is 17.7. The fourth-order valence-corrected chi connectivity index (χ4v) is 2.69. The molecule has 1 saturated heterocycles. The highest BCUT2D eigenvalue weighted by Gasteiger charge is 2.24. The average molecular weight is 373 g/mol. The normalized spacial score (nSPS) is 20.7. The molecule has 7 nitrogen and oxygen atoms in total. The molecule has 1 aliphatic rings. The Kier molecular flexibility index (Phi) is 5.26. The third kappa shape index (κ3) is 3.94. The van der Waals surface area contributed by atoms with E-state index in [1.165, 1.54) is 12.3 Å². The molecule has 0 aromatic carbocycles. The van der Waals surface area contributed by atoms with Crippen molar-refractivity contribution in [1.29, 1.82) is 0 Å². The molecule has 3 heterocycles. The Bertz CT molecular complexity index is 818. The van der Waals surface area contributed by atoms with Gasteiger partial charge in [0, 0.05) is 24.4 Å². The summed E-state index contributed by atoms with van der Waals surface area (Å²) in [6.45, 7) is -2.27. The Morgan fingerprint density at radius 3 is 2.96 bits per heavy atom. The molecule has 2 N–H and O–H groups in total. The minimum atomic E-state index is -2.97. The smallest absolute Gasteiger partial charge is 0.321 e. The van der Waals surface area contributed by atoms with E-state index >= 15 is 0 Å². The van der Waals surface area contributed by atoms with Crippen LogP contribution in [0.25, 0.3) is 11.3 Å². The van der Waals surface area contributed by atoms with E-state index in [9.17, 15) is 18.7 Å². The zero-order valence-corrected chi connectivity index (χ0v) is 13.7. The lowest BCUT2D eigenvalue weighted by Gasteiger charge is -2.28. The molecule has 2 atom stereocenters. The summed E-state index contributed by atoms with van der Waals surface area (Å²) in [4.78, 5) is 19.7. The molecule has 0 saturated carbocycles. The number of aliphatic hydroxyl groups is 1. The number of rotatable bonds is 4. The van der Waals surface area contributed by atoms with Gasteiger partial charge in [0.15, 0.2) is 0 Å². The molecule has 134 valence electrons. The zero-order valence-electron chi connectivity index (χ0n) is 12.9. The maximum absolute atomic E-state index is 12.9. The second kappa shape index (κ2) is 7.42. The van der Waals surface area contributed by atoms with Crippen LogP contribution in [0.15, 0.2) is 29.3 Å². The van der Waals surface area contributed by atoms with E-state index in [4.69, 9.17) is 16.3 Å². The predicted octanol–water partition coefficient (Wildman–Crippen LogP) is 1.92. The summed E-state index contributed by atoms with van der Waals surface area (Å²) in [5, 5.41) is 13.0. The summed E-state index contributed by atoms with van der Waals surface area (Å²) in [7, 11) is 0. The molecular formula is C15H15ClF2N4O3. The van der Waals surface area contributed by atoms with E-state index in [0.29, 0.717) is 17.6 Å². The lowest BCUT2D eigenvalue weighted by atomic mass is 10.1. The molecule has 0 aliphatic carbocycles. The Morgan fingerprint density at radius 1 is 1.44 bits per heavy atom. The number of nitrogens with zero attached hydrogens (tertiary/aromatic N) is 3. The van der Waals surface area contributed by atoms with Gasteiger partial charge in [-0.3, -0.25) is 9.36 Å². The van der Waals surface area contributed by atoms with Crippen LogP contribution in [0.1, 0.15) is 13.0 Å². The number of ether oxygens (including phenoxy) is 1. The molecule has 2 aromatic heterocycles. The third-order valence-electron chi connectivity index (χ3n) is 3.81. The van der Waals surface area contributed by atoms with Gasteiger partial charge in [0.05, 0.1) is 35.7 Å². The van der Waals surface area contributed by atoms with Crippen LogP contribution < -0.4 is 10.9 Å². The minimum Gasteiger partial charge on any atom is -0.389 e. The molecule has 10 heteroatoms. The number of alkyl halides is 2. The Hall–Kier alpha value is -2.10. The summed E-state index contributed by atoms with van der Waals surface area (Å²) in [5.41, 5.74) is -0.370. The quantitative estimate of drug-likeness (QED) is 0.852. The van der Waals surface area contributed by atoms with Crippen LogP contribution >= 0.6 is 11.6 Å². The number of halogens is 3. The highest BCUT2D eigenvalue weighted by Crippen LogP contribution is 2.26. The molecule has 0 amide bonds. The standard InChI is InChI=1S/C15H15ClF2N4O3/c16-9-5-19-15(20-10-3-4-25-7-11(10)23)21-13(9)8-1-2-12(24)22(6-8)14(17)18/h1-2,5-6,10-11,14,23H,3-4,7H2,(H,19,20,21)/t10-,11-/m1/s1. The van der Waals surface area contributed by atoms with Crippen molar-refractivity contribution >= 4 is 17.5 Å². The highest BCUT2D eigenvalue weighted by molar-refractivity contribution is 6.32. The van der Waals surface area contributed by atoms with Crippen LogP contribution in [-0.2, 0) is 4.74 Å². The predicted molar refractivity (Wildman–Crippen MR) is 86.8 cm³/mol. The van der Waals surface area contributed by atoms with Crippen molar-refractivity contribution in [3.05, 3.63) is 39.9 Å². The van der Waals surface area contributed by atoms with Gasteiger partial charge in [-0.05, 0) is 12.5 Å². The van der Waals surface area contributed by atoms with Gasteiger partial charge < -0.3 is 15.2 Å². The number of aromatic nitrogens is 3. The SMILES string of the molecule is O=c1ccc(-c2nc(N[C@@H]3CCOC[C@H]3O)ncc2Cl)cn1C(F)F. The van der Waals surface area contributed by atoms with E-state index < -0.39 is 18.2 Å². The van der Waals surface area contributed by atoms with Gasteiger partial charge in [-0.15, -0.1) is 0 Å². The fourth-order valence-electron chi connectivity index (χ4n) is 2.49. The summed E-state index contributed by atoms with van der Waals surface area (Å²) in [6, 6.07) is 2.09. The topological polar surface area (TPSA) is 89.3 Å². The van der Waals surface area contributed by atoms with Crippen LogP contribution in [0.4, 0.5) is 14.7 Å². The van der Waals surface area contributed by atoms with Crippen molar-refractivity contribution in [1.82, 2.24) is 14.5 Å². The maximum atomic E-state index is 12.9. The second-order valence-corrected chi connectivity index (χ2v) is 5.92. The zero-order chi connectivity index (χ0) is 18.0. The Labute approximate surface area is 146 Å². The van der Waals surface area contributed by atoms with Gasteiger partial charge in [0.2, 0.25) is 5.95 Å². The molecule has 1 aliphatic heterocycles. The molecule has 25 heavy (non-hydrogen) atoms.